The van der Waals surface area contributed by atoms with E-state index >= 15 is 0 Å². The first kappa shape index (κ1) is 18.3. The summed E-state index contributed by atoms with van der Waals surface area (Å²) < 4.78 is 6.17. The molecule has 0 saturated carbocycles. The normalized spacial score (nSPS) is 13.0. The molecule has 28 heavy (non-hydrogen) atoms. The van der Waals surface area contributed by atoms with Gasteiger partial charge in [0, 0.05) is 29.4 Å². The Morgan fingerprint density at radius 2 is 2.07 bits per heavy atom. The lowest BCUT2D eigenvalue weighted by atomic mass is 10.1. The van der Waals surface area contributed by atoms with E-state index in [0.29, 0.717) is 34.6 Å². The molecule has 4 rings (SSSR count). The molecule has 3 aromatic rings. The van der Waals surface area contributed by atoms with Gasteiger partial charge in [0.2, 0.25) is 5.89 Å². The number of aryl methyl sites for hydroxylation is 1. The van der Waals surface area contributed by atoms with Gasteiger partial charge in [-0.3, -0.25) is 14.8 Å². The van der Waals surface area contributed by atoms with Gasteiger partial charge in [-0.15, -0.1) is 0 Å². The Hall–Kier alpha value is -3.05. The summed E-state index contributed by atoms with van der Waals surface area (Å²) in [5, 5.41) is 0.592. The van der Waals surface area contributed by atoms with Crippen molar-refractivity contribution in [2.75, 3.05) is 6.54 Å². The Bertz CT molecular complexity index is 1130. The van der Waals surface area contributed by atoms with Gasteiger partial charge < -0.3 is 4.42 Å². The first-order chi connectivity index (χ1) is 13.5. The van der Waals surface area contributed by atoms with Crippen LogP contribution in [0, 0.1) is 6.92 Å². The Kier molecular flexibility index (Phi) is 4.92. The topological polar surface area (TPSA) is 68.3 Å². The number of carbonyl (C=O) groups is 1. The summed E-state index contributed by atoms with van der Waals surface area (Å²) in [6.45, 7) is 4.10. The molecule has 140 valence electrons. The summed E-state index contributed by atoms with van der Waals surface area (Å²) in [5.74, 6) is 1.09. The SMILES string of the molecule is CC(=O)Cc1cc(-c2nc(-c3ccccc3Cl)c(C3=NCC=C3)o2)c(C)cn1. The molecule has 1 aliphatic heterocycles. The standard InChI is InChI=1S/C22H18ClN3O2/c1-13-12-25-15(10-14(2)27)11-17(13)22-26-20(16-6-3-4-7-18(16)23)21(28-22)19-8-5-9-24-19/h3-8,11-12H,9-10H2,1-2H3. The summed E-state index contributed by atoms with van der Waals surface area (Å²) in [7, 11) is 0. The Morgan fingerprint density at radius 1 is 1.25 bits per heavy atom. The molecule has 0 bridgehead atoms. The molecule has 0 spiro atoms. The zero-order chi connectivity index (χ0) is 19.7. The number of pyridine rings is 1. The van der Waals surface area contributed by atoms with E-state index in [0.717, 1.165) is 22.4 Å². The van der Waals surface area contributed by atoms with Crippen molar-refractivity contribution in [3.63, 3.8) is 0 Å². The summed E-state index contributed by atoms with van der Waals surface area (Å²) in [4.78, 5) is 25.1. The van der Waals surface area contributed by atoms with E-state index in [1.54, 1.807) is 13.1 Å². The van der Waals surface area contributed by atoms with E-state index in [1.165, 1.54) is 0 Å². The number of allylic oxidation sites excluding steroid dienone is 1. The van der Waals surface area contributed by atoms with Gasteiger partial charge in [-0.2, -0.15) is 0 Å². The quantitative estimate of drug-likeness (QED) is 0.623. The highest BCUT2D eigenvalue weighted by atomic mass is 35.5. The molecule has 0 N–H and O–H groups in total. The van der Waals surface area contributed by atoms with Gasteiger partial charge in [-0.25, -0.2) is 4.98 Å². The summed E-state index contributed by atoms with van der Waals surface area (Å²) in [6, 6.07) is 9.38. The van der Waals surface area contributed by atoms with Crippen LogP contribution in [0.4, 0.5) is 0 Å². The van der Waals surface area contributed by atoms with Crippen molar-refractivity contribution in [1.29, 1.82) is 0 Å². The van der Waals surface area contributed by atoms with Crippen LogP contribution in [0.25, 0.3) is 22.7 Å². The lowest BCUT2D eigenvalue weighted by Crippen LogP contribution is -2.00. The van der Waals surface area contributed by atoms with Crippen molar-refractivity contribution in [2.45, 2.75) is 20.3 Å². The lowest BCUT2D eigenvalue weighted by molar-refractivity contribution is -0.116. The number of oxazole rings is 1. The first-order valence-electron chi connectivity index (χ1n) is 8.95. The highest BCUT2D eigenvalue weighted by molar-refractivity contribution is 6.33. The van der Waals surface area contributed by atoms with Crippen molar-refractivity contribution in [2.24, 2.45) is 4.99 Å². The highest BCUT2D eigenvalue weighted by Gasteiger charge is 2.23. The predicted octanol–water partition coefficient (Wildman–Crippen LogP) is 4.86. The van der Waals surface area contributed by atoms with Gasteiger partial charge in [0.1, 0.15) is 17.2 Å². The van der Waals surface area contributed by atoms with Gasteiger partial charge in [0.25, 0.3) is 0 Å². The molecule has 6 heteroatoms. The molecule has 0 fully saturated rings. The van der Waals surface area contributed by atoms with Gasteiger partial charge in [-0.1, -0.05) is 35.9 Å². The lowest BCUT2D eigenvalue weighted by Gasteiger charge is -2.04. The number of benzene rings is 1. The maximum Gasteiger partial charge on any atom is 0.227 e. The van der Waals surface area contributed by atoms with E-state index in [4.69, 9.17) is 21.0 Å². The van der Waals surface area contributed by atoms with E-state index in [2.05, 4.69) is 9.98 Å². The van der Waals surface area contributed by atoms with Crippen LogP contribution in [0.15, 0.2) is 58.1 Å². The van der Waals surface area contributed by atoms with Crippen LogP contribution in [0.3, 0.4) is 0 Å². The molecule has 0 aliphatic carbocycles. The minimum absolute atomic E-state index is 0.0533. The number of carbonyl (C=O) groups excluding carboxylic acids is 1. The third kappa shape index (κ3) is 3.53. The fourth-order valence-corrected chi connectivity index (χ4v) is 3.33. The van der Waals surface area contributed by atoms with Gasteiger partial charge in [-0.05, 0) is 37.6 Å². The summed E-state index contributed by atoms with van der Waals surface area (Å²) in [5.41, 5.74) is 4.57. The van der Waals surface area contributed by atoms with Crippen molar-refractivity contribution in [1.82, 2.24) is 9.97 Å². The van der Waals surface area contributed by atoms with E-state index in [1.807, 2.05) is 49.4 Å². The number of hydrogen-bond acceptors (Lipinski definition) is 5. The molecular weight excluding hydrogens is 374 g/mol. The van der Waals surface area contributed by atoms with Gasteiger partial charge in [0.15, 0.2) is 5.76 Å². The van der Waals surface area contributed by atoms with Crippen molar-refractivity contribution < 1.29 is 9.21 Å². The zero-order valence-electron chi connectivity index (χ0n) is 15.6. The van der Waals surface area contributed by atoms with Crippen LogP contribution in [0.1, 0.15) is 23.9 Å². The van der Waals surface area contributed by atoms with Crippen LogP contribution < -0.4 is 0 Å². The molecular formula is C22H18ClN3O2. The van der Waals surface area contributed by atoms with Crippen molar-refractivity contribution in [3.05, 3.63) is 70.7 Å². The molecule has 0 unspecified atom stereocenters. The highest BCUT2D eigenvalue weighted by Crippen LogP contribution is 2.35. The van der Waals surface area contributed by atoms with E-state index in [9.17, 15) is 4.79 Å². The number of Topliss-reactive ketones (excluding diaryl/α,β-unsaturated/α-hetero) is 1. The maximum absolute atomic E-state index is 11.5. The second-order valence-corrected chi connectivity index (χ2v) is 7.08. The second kappa shape index (κ2) is 7.52. The monoisotopic (exact) mass is 391 g/mol. The van der Waals surface area contributed by atoms with Gasteiger partial charge >= 0.3 is 0 Å². The number of hydrogen-bond donors (Lipinski definition) is 0. The fourth-order valence-electron chi connectivity index (χ4n) is 3.11. The van der Waals surface area contributed by atoms with Crippen LogP contribution in [0.2, 0.25) is 5.02 Å². The van der Waals surface area contributed by atoms with Gasteiger partial charge in [0.05, 0.1) is 11.6 Å². The second-order valence-electron chi connectivity index (χ2n) is 6.67. The van der Waals surface area contributed by atoms with E-state index in [-0.39, 0.29) is 12.2 Å². The summed E-state index contributed by atoms with van der Waals surface area (Å²) in [6.07, 6.45) is 5.90. The first-order valence-corrected chi connectivity index (χ1v) is 9.33. The number of rotatable bonds is 5. The minimum Gasteiger partial charge on any atom is -0.434 e. The Balaban J connectivity index is 1.88. The molecule has 2 aromatic heterocycles. The van der Waals surface area contributed by atoms with Crippen LogP contribution in [0.5, 0.6) is 0 Å². The maximum atomic E-state index is 11.5. The number of aliphatic imine (C=N–C) groups is 1. The largest absolute Gasteiger partial charge is 0.434 e. The third-order valence-corrected chi connectivity index (χ3v) is 4.78. The molecule has 0 radical (unpaired) electrons. The fraction of sp³-hybridized carbons (Fsp3) is 0.182. The summed E-state index contributed by atoms with van der Waals surface area (Å²) >= 11 is 6.42. The molecule has 0 atom stereocenters. The molecule has 0 saturated heterocycles. The molecule has 1 aliphatic rings. The zero-order valence-corrected chi connectivity index (χ0v) is 16.3. The number of nitrogens with zero attached hydrogens (tertiary/aromatic N) is 3. The average molecular weight is 392 g/mol. The minimum atomic E-state index is 0.0533. The molecule has 5 nitrogen and oxygen atoms in total. The smallest absolute Gasteiger partial charge is 0.227 e. The number of aromatic nitrogens is 2. The predicted molar refractivity (Wildman–Crippen MR) is 110 cm³/mol. The third-order valence-electron chi connectivity index (χ3n) is 4.45. The van der Waals surface area contributed by atoms with Crippen LogP contribution in [-0.2, 0) is 11.2 Å². The molecule has 0 amide bonds. The van der Waals surface area contributed by atoms with Crippen LogP contribution in [-0.4, -0.2) is 28.0 Å². The van der Waals surface area contributed by atoms with Crippen molar-refractivity contribution >= 4 is 23.1 Å². The molecule has 3 heterocycles. The average Bonchev–Trinajstić information content (AvgIpc) is 3.32. The molecule has 1 aromatic carbocycles. The Labute approximate surface area is 167 Å². The van der Waals surface area contributed by atoms with Crippen molar-refractivity contribution in [3.8, 4) is 22.7 Å². The number of ketones is 1. The van der Waals surface area contributed by atoms with E-state index < -0.39 is 0 Å². The Morgan fingerprint density at radius 3 is 2.79 bits per heavy atom. The number of halogens is 1. The van der Waals surface area contributed by atoms with Crippen LogP contribution >= 0.6 is 11.6 Å².